The molecule has 0 aliphatic rings. The fourth-order valence-corrected chi connectivity index (χ4v) is 2.93. The summed E-state index contributed by atoms with van der Waals surface area (Å²) in [6.07, 6.45) is 2.66. The minimum absolute atomic E-state index is 0. The van der Waals surface area contributed by atoms with Crippen molar-refractivity contribution in [3.63, 3.8) is 0 Å². The van der Waals surface area contributed by atoms with Crippen molar-refractivity contribution in [1.29, 1.82) is 0 Å². The van der Waals surface area contributed by atoms with Crippen molar-refractivity contribution < 1.29 is 0 Å². The minimum Gasteiger partial charge on any atom is -0.357 e. The molecule has 0 fully saturated rings. The van der Waals surface area contributed by atoms with Crippen LogP contribution in [-0.4, -0.2) is 40.1 Å². The third kappa shape index (κ3) is 5.92. The van der Waals surface area contributed by atoms with Crippen LogP contribution in [0.25, 0.3) is 11.0 Å². The molecule has 0 amide bonds. The zero-order valence-electron chi connectivity index (χ0n) is 15.9. The average Bonchev–Trinajstić information content (AvgIpc) is 2.98. The molecule has 0 spiro atoms. The summed E-state index contributed by atoms with van der Waals surface area (Å²) in [5.41, 5.74) is 3.28. The lowest BCUT2D eigenvalue weighted by molar-refractivity contribution is 0.660. The van der Waals surface area contributed by atoms with E-state index in [1.54, 1.807) is 0 Å². The number of nitrogens with zero attached hydrogens (tertiary/aromatic N) is 4. The Hall–Kier alpha value is -2.16. The van der Waals surface area contributed by atoms with Crippen molar-refractivity contribution in [1.82, 2.24) is 25.2 Å². The van der Waals surface area contributed by atoms with Crippen LogP contribution in [0.2, 0.25) is 0 Å². The number of guanidine groups is 1. The molecule has 7 heteroatoms. The standard InChI is InChI=1S/C20H26N6.HI/c1-3-21-20(23-13-11-17-8-6-7-12-22-17)24-14-15-26-16(2)25-18-9-4-5-10-19(18)26;/h4-10,12H,3,11,13-15H2,1-2H3,(H2,21,23,24);1H. The molecule has 0 atom stereocenters. The molecule has 0 saturated heterocycles. The Kier molecular flexibility index (Phi) is 8.50. The highest BCUT2D eigenvalue weighted by Gasteiger charge is 2.06. The molecule has 0 aliphatic heterocycles. The van der Waals surface area contributed by atoms with E-state index < -0.39 is 0 Å². The van der Waals surface area contributed by atoms with E-state index in [9.17, 15) is 0 Å². The van der Waals surface area contributed by atoms with Gasteiger partial charge in [-0.15, -0.1) is 24.0 Å². The molecule has 0 aliphatic carbocycles. The number of benzene rings is 1. The number of hydrogen-bond donors (Lipinski definition) is 2. The van der Waals surface area contributed by atoms with Gasteiger partial charge in [0.05, 0.1) is 11.0 Å². The third-order valence-corrected chi connectivity index (χ3v) is 4.18. The maximum absolute atomic E-state index is 4.64. The largest absolute Gasteiger partial charge is 0.357 e. The molecule has 0 radical (unpaired) electrons. The van der Waals surface area contributed by atoms with Crippen LogP contribution < -0.4 is 10.6 Å². The molecule has 1 aromatic carbocycles. The van der Waals surface area contributed by atoms with Crippen LogP contribution >= 0.6 is 24.0 Å². The van der Waals surface area contributed by atoms with E-state index in [2.05, 4.69) is 55.3 Å². The maximum Gasteiger partial charge on any atom is 0.191 e. The van der Waals surface area contributed by atoms with Gasteiger partial charge in [-0.25, -0.2) is 4.98 Å². The molecule has 144 valence electrons. The quantitative estimate of drug-likeness (QED) is 0.311. The van der Waals surface area contributed by atoms with E-state index in [0.29, 0.717) is 6.54 Å². The number of nitrogens with one attached hydrogen (secondary N) is 2. The fraction of sp³-hybridized carbons (Fsp3) is 0.350. The van der Waals surface area contributed by atoms with Crippen LogP contribution in [0.15, 0.2) is 53.7 Å². The van der Waals surface area contributed by atoms with Gasteiger partial charge in [-0.3, -0.25) is 9.98 Å². The van der Waals surface area contributed by atoms with Gasteiger partial charge in [0, 0.05) is 44.5 Å². The Bertz CT molecular complexity index is 859. The third-order valence-electron chi connectivity index (χ3n) is 4.18. The molecular formula is C20H27IN6. The number of aliphatic imine (C=N–C) groups is 1. The Labute approximate surface area is 177 Å². The Morgan fingerprint density at radius 2 is 1.93 bits per heavy atom. The van der Waals surface area contributed by atoms with Crippen molar-refractivity contribution in [2.45, 2.75) is 26.8 Å². The van der Waals surface area contributed by atoms with Crippen LogP contribution in [0.4, 0.5) is 0 Å². The Morgan fingerprint density at radius 3 is 2.70 bits per heavy atom. The van der Waals surface area contributed by atoms with Crippen molar-refractivity contribution >= 4 is 41.0 Å². The lowest BCUT2D eigenvalue weighted by Gasteiger charge is -2.13. The minimum atomic E-state index is 0. The van der Waals surface area contributed by atoms with Gasteiger partial charge in [-0.2, -0.15) is 0 Å². The topological polar surface area (TPSA) is 67.1 Å². The highest BCUT2D eigenvalue weighted by molar-refractivity contribution is 14.0. The molecule has 27 heavy (non-hydrogen) atoms. The molecule has 0 saturated carbocycles. The van der Waals surface area contributed by atoms with E-state index in [-0.39, 0.29) is 24.0 Å². The lowest BCUT2D eigenvalue weighted by Crippen LogP contribution is -2.39. The van der Waals surface area contributed by atoms with Gasteiger partial charge in [-0.1, -0.05) is 18.2 Å². The van der Waals surface area contributed by atoms with Crippen LogP contribution in [0.5, 0.6) is 0 Å². The summed E-state index contributed by atoms with van der Waals surface area (Å²) in [6.45, 7) is 7.30. The van der Waals surface area contributed by atoms with Crippen LogP contribution in [-0.2, 0) is 13.0 Å². The second kappa shape index (κ2) is 10.9. The maximum atomic E-state index is 4.64. The monoisotopic (exact) mass is 478 g/mol. The van der Waals surface area contributed by atoms with Gasteiger partial charge in [0.1, 0.15) is 5.82 Å². The summed E-state index contributed by atoms with van der Waals surface area (Å²) in [4.78, 5) is 13.6. The molecule has 0 unspecified atom stereocenters. The number of fused-ring (bicyclic) bond motifs is 1. The lowest BCUT2D eigenvalue weighted by atomic mass is 10.3. The second-order valence-electron chi connectivity index (χ2n) is 6.06. The van der Waals surface area contributed by atoms with Crippen LogP contribution in [0.3, 0.4) is 0 Å². The highest BCUT2D eigenvalue weighted by atomic mass is 127. The predicted molar refractivity (Wildman–Crippen MR) is 122 cm³/mol. The first-order chi connectivity index (χ1) is 12.8. The molecular weight excluding hydrogens is 451 g/mol. The predicted octanol–water partition coefficient (Wildman–Crippen LogP) is 3.16. The highest BCUT2D eigenvalue weighted by Crippen LogP contribution is 2.14. The number of halogens is 1. The van der Waals surface area contributed by atoms with Gasteiger partial charge in [-0.05, 0) is 38.1 Å². The smallest absolute Gasteiger partial charge is 0.191 e. The number of pyridine rings is 1. The summed E-state index contributed by atoms with van der Waals surface area (Å²) in [5, 5.41) is 6.70. The van der Waals surface area contributed by atoms with Gasteiger partial charge >= 0.3 is 0 Å². The summed E-state index contributed by atoms with van der Waals surface area (Å²) in [5.74, 6) is 1.87. The summed E-state index contributed by atoms with van der Waals surface area (Å²) in [6, 6.07) is 14.2. The van der Waals surface area contributed by atoms with E-state index in [1.165, 1.54) is 5.52 Å². The number of imidazole rings is 1. The molecule has 2 aromatic heterocycles. The molecule has 6 nitrogen and oxygen atoms in total. The van der Waals surface area contributed by atoms with Crippen molar-refractivity contribution in [3.05, 3.63) is 60.2 Å². The van der Waals surface area contributed by atoms with Crippen molar-refractivity contribution in [2.24, 2.45) is 4.99 Å². The normalized spacial score (nSPS) is 11.3. The SMILES string of the molecule is CCNC(=NCCc1ccccn1)NCCn1c(C)nc2ccccc21.I. The summed E-state index contributed by atoms with van der Waals surface area (Å²) < 4.78 is 2.24. The van der Waals surface area contributed by atoms with Gasteiger partial charge in [0.25, 0.3) is 0 Å². The molecule has 2 N–H and O–H groups in total. The van der Waals surface area contributed by atoms with Crippen molar-refractivity contribution in [3.8, 4) is 0 Å². The first-order valence-corrected chi connectivity index (χ1v) is 9.12. The van der Waals surface area contributed by atoms with Gasteiger partial charge in [0.15, 0.2) is 5.96 Å². The van der Waals surface area contributed by atoms with E-state index in [0.717, 1.165) is 49.0 Å². The fourth-order valence-electron chi connectivity index (χ4n) is 2.93. The van der Waals surface area contributed by atoms with Crippen molar-refractivity contribution in [2.75, 3.05) is 19.6 Å². The van der Waals surface area contributed by atoms with E-state index >= 15 is 0 Å². The Morgan fingerprint density at radius 1 is 1.11 bits per heavy atom. The molecule has 3 aromatic rings. The molecule has 2 heterocycles. The number of hydrogen-bond acceptors (Lipinski definition) is 3. The summed E-state index contributed by atoms with van der Waals surface area (Å²) in [7, 11) is 0. The zero-order chi connectivity index (χ0) is 18.2. The number of aromatic nitrogens is 3. The second-order valence-corrected chi connectivity index (χ2v) is 6.06. The first-order valence-electron chi connectivity index (χ1n) is 9.12. The van der Waals surface area contributed by atoms with Crippen LogP contribution in [0.1, 0.15) is 18.4 Å². The van der Waals surface area contributed by atoms with Gasteiger partial charge < -0.3 is 15.2 Å². The first kappa shape index (κ1) is 21.1. The summed E-state index contributed by atoms with van der Waals surface area (Å²) >= 11 is 0. The number of aryl methyl sites for hydroxylation is 1. The Balaban J connectivity index is 0.00000261. The van der Waals surface area contributed by atoms with E-state index in [4.69, 9.17) is 0 Å². The number of rotatable bonds is 7. The van der Waals surface area contributed by atoms with Crippen LogP contribution in [0, 0.1) is 6.92 Å². The number of para-hydroxylation sites is 2. The van der Waals surface area contributed by atoms with Gasteiger partial charge in [0.2, 0.25) is 0 Å². The zero-order valence-corrected chi connectivity index (χ0v) is 18.2. The molecule has 0 bridgehead atoms. The molecule has 3 rings (SSSR count). The average molecular weight is 478 g/mol. The van der Waals surface area contributed by atoms with E-state index in [1.807, 2.05) is 37.4 Å².